The molecule has 2 nitrogen and oxygen atoms in total. The number of benzene rings is 8. The number of hydrogen-bond acceptors (Lipinski definition) is 3. The van der Waals surface area contributed by atoms with Crippen LogP contribution in [0.2, 0.25) is 0 Å². The number of anilines is 3. The molecule has 9 aromatic rings. The average molecular weight is 712 g/mol. The van der Waals surface area contributed by atoms with Gasteiger partial charge in [0.05, 0.1) is 0 Å². The highest BCUT2D eigenvalue weighted by atomic mass is 32.1. The summed E-state index contributed by atoms with van der Waals surface area (Å²) in [6.07, 6.45) is 0. The molecule has 10 rings (SSSR count). The van der Waals surface area contributed by atoms with Crippen LogP contribution >= 0.6 is 11.3 Å². The maximum Gasteiger partial charge on any atom is 0.115 e. The Balaban J connectivity index is 1.00. The van der Waals surface area contributed by atoms with Gasteiger partial charge in [0.2, 0.25) is 0 Å². The fraction of sp³-hybridized carbons (Fsp3) is 0.0588. The molecule has 3 heteroatoms. The lowest BCUT2D eigenvalue weighted by molar-refractivity contribution is 0.473. The Morgan fingerprint density at radius 2 is 0.889 bits per heavy atom. The van der Waals surface area contributed by atoms with Gasteiger partial charge in [0, 0.05) is 42.6 Å². The first kappa shape index (κ1) is 32.2. The van der Waals surface area contributed by atoms with Crippen LogP contribution in [0.1, 0.15) is 25.0 Å². The first-order valence-electron chi connectivity index (χ1n) is 18.5. The van der Waals surface area contributed by atoms with Crippen molar-refractivity contribution < 1.29 is 5.11 Å². The molecular weight excluding hydrogens is 675 g/mol. The lowest BCUT2D eigenvalue weighted by Gasteiger charge is -2.28. The zero-order valence-corrected chi connectivity index (χ0v) is 30.9. The second-order valence-corrected chi connectivity index (χ2v) is 15.9. The van der Waals surface area contributed by atoms with Gasteiger partial charge >= 0.3 is 0 Å². The summed E-state index contributed by atoms with van der Waals surface area (Å²) in [5, 5.41) is 13.0. The molecule has 0 fully saturated rings. The number of nitrogens with zero attached hydrogens (tertiary/aromatic N) is 1. The van der Waals surface area contributed by atoms with E-state index in [4.69, 9.17) is 0 Å². The molecule has 0 unspecified atom stereocenters. The molecule has 1 aromatic heterocycles. The van der Waals surface area contributed by atoms with Gasteiger partial charge in [0.1, 0.15) is 5.75 Å². The highest BCUT2D eigenvalue weighted by molar-refractivity contribution is 7.25. The molecule has 0 aliphatic heterocycles. The van der Waals surface area contributed by atoms with E-state index in [1.54, 1.807) is 6.07 Å². The molecule has 258 valence electrons. The SMILES string of the molecule is CC1(C)c2cc(O)ccc2-c2ccc(N(c3ccc(-c4ccccc4)cc3)c3ccc(-c4ccc(-c5ccc6sc7ccccc7c6c5)cc4)cc3)cc21. The number of aromatic hydroxyl groups is 1. The Bertz CT molecular complexity index is 2830. The van der Waals surface area contributed by atoms with E-state index in [1.807, 2.05) is 23.5 Å². The molecule has 1 aliphatic carbocycles. The quantitative estimate of drug-likeness (QED) is 0.186. The van der Waals surface area contributed by atoms with E-state index in [0.29, 0.717) is 5.75 Å². The molecule has 8 aromatic carbocycles. The molecule has 0 saturated carbocycles. The molecule has 0 radical (unpaired) electrons. The van der Waals surface area contributed by atoms with E-state index in [9.17, 15) is 5.11 Å². The van der Waals surface area contributed by atoms with E-state index in [0.717, 1.165) is 22.6 Å². The molecule has 0 atom stereocenters. The highest BCUT2D eigenvalue weighted by Gasteiger charge is 2.36. The minimum absolute atomic E-state index is 0.248. The first-order chi connectivity index (χ1) is 26.4. The molecule has 1 aliphatic rings. The van der Waals surface area contributed by atoms with Crippen LogP contribution < -0.4 is 4.90 Å². The van der Waals surface area contributed by atoms with E-state index in [2.05, 4.69) is 183 Å². The normalized spacial score (nSPS) is 12.9. The summed E-state index contributed by atoms with van der Waals surface area (Å²) in [6.45, 7) is 4.50. The number of phenols is 1. The molecule has 54 heavy (non-hydrogen) atoms. The monoisotopic (exact) mass is 711 g/mol. The zero-order valence-electron chi connectivity index (χ0n) is 30.1. The van der Waals surface area contributed by atoms with Crippen molar-refractivity contribution >= 4 is 48.6 Å². The van der Waals surface area contributed by atoms with Gasteiger partial charge in [-0.2, -0.15) is 0 Å². The van der Waals surface area contributed by atoms with Gasteiger partial charge in [0.25, 0.3) is 0 Å². The van der Waals surface area contributed by atoms with Crippen LogP contribution in [-0.2, 0) is 5.41 Å². The number of phenolic OH excluding ortho intramolecular Hbond substituents is 1. The van der Waals surface area contributed by atoms with Crippen LogP contribution in [0.3, 0.4) is 0 Å². The maximum absolute atomic E-state index is 10.4. The van der Waals surface area contributed by atoms with Crippen molar-refractivity contribution in [2.45, 2.75) is 19.3 Å². The van der Waals surface area contributed by atoms with E-state index >= 15 is 0 Å². The minimum Gasteiger partial charge on any atom is -0.508 e. The van der Waals surface area contributed by atoms with Crippen LogP contribution in [-0.4, -0.2) is 5.11 Å². The molecule has 1 heterocycles. The number of thiophene rings is 1. The molecule has 1 N–H and O–H groups in total. The fourth-order valence-corrected chi connectivity index (χ4v) is 9.38. The second-order valence-electron chi connectivity index (χ2n) is 14.8. The van der Waals surface area contributed by atoms with Crippen LogP contribution in [0.4, 0.5) is 17.1 Å². The lowest BCUT2D eigenvalue weighted by atomic mass is 9.82. The first-order valence-corrected chi connectivity index (χ1v) is 19.3. The zero-order chi connectivity index (χ0) is 36.4. The smallest absolute Gasteiger partial charge is 0.115 e. The van der Waals surface area contributed by atoms with Crippen molar-refractivity contribution in [2.24, 2.45) is 0 Å². The molecule has 0 spiro atoms. The van der Waals surface area contributed by atoms with Crippen molar-refractivity contribution in [1.29, 1.82) is 0 Å². The van der Waals surface area contributed by atoms with E-state index < -0.39 is 0 Å². The van der Waals surface area contributed by atoms with Gasteiger partial charge in [-0.3, -0.25) is 0 Å². The third-order valence-corrected chi connectivity index (χ3v) is 12.3. The van der Waals surface area contributed by atoms with E-state index in [1.165, 1.54) is 70.2 Å². The van der Waals surface area contributed by atoms with Gasteiger partial charge < -0.3 is 10.0 Å². The van der Waals surface area contributed by atoms with Gasteiger partial charge in [-0.25, -0.2) is 0 Å². The predicted octanol–water partition coefficient (Wildman–Crippen LogP) is 14.5. The summed E-state index contributed by atoms with van der Waals surface area (Å²) in [5.41, 5.74) is 15.1. The molecular formula is C51H37NOS. The van der Waals surface area contributed by atoms with Crippen LogP contribution in [0.5, 0.6) is 5.75 Å². The number of rotatable bonds is 6. The topological polar surface area (TPSA) is 23.5 Å². The number of hydrogen-bond donors (Lipinski definition) is 1. The Hall–Kier alpha value is -6.42. The maximum atomic E-state index is 10.4. The largest absolute Gasteiger partial charge is 0.508 e. The molecule has 0 saturated heterocycles. The van der Waals surface area contributed by atoms with E-state index in [-0.39, 0.29) is 5.41 Å². The summed E-state index contributed by atoms with van der Waals surface area (Å²) in [5.74, 6) is 0.304. The molecule has 0 amide bonds. The Morgan fingerprint density at radius 1 is 0.407 bits per heavy atom. The average Bonchev–Trinajstić information content (AvgIpc) is 3.70. The van der Waals surface area contributed by atoms with Crippen molar-refractivity contribution in [1.82, 2.24) is 0 Å². The van der Waals surface area contributed by atoms with Gasteiger partial charge in [0.15, 0.2) is 0 Å². The van der Waals surface area contributed by atoms with Crippen molar-refractivity contribution in [2.75, 3.05) is 4.90 Å². The summed E-state index contributed by atoms with van der Waals surface area (Å²) in [4.78, 5) is 2.35. The fourth-order valence-electron chi connectivity index (χ4n) is 8.30. The van der Waals surface area contributed by atoms with Crippen molar-refractivity contribution in [3.05, 3.63) is 193 Å². The summed E-state index contributed by atoms with van der Waals surface area (Å²) < 4.78 is 2.66. The summed E-state index contributed by atoms with van der Waals surface area (Å²) in [7, 11) is 0. The summed E-state index contributed by atoms with van der Waals surface area (Å²) in [6, 6.07) is 65.3. The van der Waals surface area contributed by atoms with Crippen LogP contribution in [0, 0.1) is 0 Å². The third-order valence-electron chi connectivity index (χ3n) is 11.2. The van der Waals surface area contributed by atoms with Crippen molar-refractivity contribution in [3.63, 3.8) is 0 Å². The Kier molecular flexibility index (Phi) is 7.53. The lowest BCUT2D eigenvalue weighted by Crippen LogP contribution is -2.16. The van der Waals surface area contributed by atoms with Crippen molar-refractivity contribution in [3.8, 4) is 50.3 Å². The van der Waals surface area contributed by atoms with Gasteiger partial charge in [-0.05, 0) is 122 Å². The third kappa shape index (κ3) is 5.39. The highest BCUT2D eigenvalue weighted by Crippen LogP contribution is 2.51. The minimum atomic E-state index is -0.248. The molecule has 0 bridgehead atoms. The standard InChI is InChI=1S/C51H37NOS/c1-51(2)47-31-41(25-27-43(47)44-28-26-42(53)32-48(44)51)52(39-21-16-35(17-22-39)33-8-4-3-5-9-33)40-23-18-36(19-24-40)34-12-14-37(15-13-34)38-20-29-50-46(30-38)45-10-6-7-11-49(45)54-50/h3-32,53H,1-2H3. The van der Waals surface area contributed by atoms with Gasteiger partial charge in [-0.1, -0.05) is 129 Å². The predicted molar refractivity (Wildman–Crippen MR) is 230 cm³/mol. The summed E-state index contributed by atoms with van der Waals surface area (Å²) >= 11 is 1.86. The van der Waals surface area contributed by atoms with Gasteiger partial charge in [-0.15, -0.1) is 11.3 Å². The Labute approximate surface area is 319 Å². The second kappa shape index (κ2) is 12.6. The Morgan fingerprint density at radius 3 is 1.56 bits per heavy atom. The number of fused-ring (bicyclic) bond motifs is 6. The van der Waals surface area contributed by atoms with Crippen LogP contribution in [0.25, 0.3) is 64.7 Å². The van der Waals surface area contributed by atoms with Crippen LogP contribution in [0.15, 0.2) is 182 Å².